The van der Waals surface area contributed by atoms with Crippen molar-refractivity contribution in [1.29, 1.82) is 0 Å². The summed E-state index contributed by atoms with van der Waals surface area (Å²) >= 11 is 0. The van der Waals surface area contributed by atoms with Gasteiger partial charge in [0.25, 0.3) is 0 Å². The maximum absolute atomic E-state index is 5.34. The van der Waals surface area contributed by atoms with Crippen molar-refractivity contribution in [3.05, 3.63) is 18.2 Å². The predicted octanol–water partition coefficient (Wildman–Crippen LogP) is 3.47. The van der Waals surface area contributed by atoms with Crippen LogP contribution in [0.1, 0.15) is 39.5 Å². The normalized spacial score (nSPS) is 10.1. The molecule has 3 heteroatoms. The van der Waals surface area contributed by atoms with E-state index in [1.165, 1.54) is 25.7 Å². The van der Waals surface area contributed by atoms with Gasteiger partial charge in [-0.25, -0.2) is 0 Å². The van der Waals surface area contributed by atoms with Gasteiger partial charge < -0.3 is 10.1 Å². The molecule has 0 aliphatic carbocycles. The number of rotatable bonds is 8. The zero-order chi connectivity index (χ0) is 11.6. The van der Waals surface area contributed by atoms with Crippen molar-refractivity contribution in [2.24, 2.45) is 0 Å². The van der Waals surface area contributed by atoms with Crippen LogP contribution in [0.2, 0.25) is 0 Å². The Kier molecular flexibility index (Phi) is 6.38. The number of nitrogens with zero attached hydrogens (tertiary/aromatic N) is 1. The minimum absolute atomic E-state index is 0.660. The Morgan fingerprint density at radius 1 is 1.19 bits per heavy atom. The van der Waals surface area contributed by atoms with E-state index < -0.39 is 0 Å². The third kappa shape index (κ3) is 5.01. The summed E-state index contributed by atoms with van der Waals surface area (Å²) in [5.74, 6) is 1.60. The first-order valence-electron chi connectivity index (χ1n) is 6.20. The van der Waals surface area contributed by atoms with Gasteiger partial charge in [0.05, 0.1) is 6.61 Å². The third-order valence-corrected chi connectivity index (χ3v) is 2.35. The number of hydrogen-bond donors (Lipinski definition) is 1. The summed E-state index contributed by atoms with van der Waals surface area (Å²) in [4.78, 5) is 4.35. The van der Waals surface area contributed by atoms with Crippen molar-refractivity contribution in [1.82, 2.24) is 4.98 Å². The second-order valence-electron chi connectivity index (χ2n) is 3.78. The molecule has 1 heterocycles. The van der Waals surface area contributed by atoms with Crippen LogP contribution in [0, 0.1) is 0 Å². The van der Waals surface area contributed by atoms with Gasteiger partial charge in [-0.2, -0.15) is 4.98 Å². The number of aromatic nitrogens is 1. The molecule has 0 saturated carbocycles. The number of hydrogen-bond acceptors (Lipinski definition) is 3. The largest absolute Gasteiger partial charge is 0.478 e. The van der Waals surface area contributed by atoms with Gasteiger partial charge in [0.1, 0.15) is 5.82 Å². The number of pyridine rings is 1. The molecule has 1 N–H and O–H groups in total. The molecule has 0 aromatic carbocycles. The lowest BCUT2D eigenvalue weighted by molar-refractivity contribution is 0.327. The highest BCUT2D eigenvalue weighted by molar-refractivity contribution is 5.36. The van der Waals surface area contributed by atoms with Crippen LogP contribution in [0.15, 0.2) is 18.2 Å². The maximum Gasteiger partial charge on any atom is 0.215 e. The van der Waals surface area contributed by atoms with E-state index in [0.717, 1.165) is 12.4 Å². The smallest absolute Gasteiger partial charge is 0.215 e. The monoisotopic (exact) mass is 222 g/mol. The minimum Gasteiger partial charge on any atom is -0.478 e. The van der Waals surface area contributed by atoms with Gasteiger partial charge in [0, 0.05) is 12.6 Å². The van der Waals surface area contributed by atoms with Gasteiger partial charge in [-0.05, 0) is 19.4 Å². The second kappa shape index (κ2) is 7.97. The topological polar surface area (TPSA) is 34.1 Å². The maximum atomic E-state index is 5.34. The Hall–Kier alpha value is -1.25. The molecule has 16 heavy (non-hydrogen) atoms. The van der Waals surface area contributed by atoms with Crippen LogP contribution in [-0.2, 0) is 0 Å². The van der Waals surface area contributed by atoms with Crippen molar-refractivity contribution in [3.63, 3.8) is 0 Å². The second-order valence-corrected chi connectivity index (χ2v) is 3.78. The fraction of sp³-hybridized carbons (Fsp3) is 0.615. The average Bonchev–Trinajstić information content (AvgIpc) is 2.30. The van der Waals surface area contributed by atoms with Crippen LogP contribution in [0.4, 0.5) is 5.82 Å². The van der Waals surface area contributed by atoms with Crippen LogP contribution in [0.3, 0.4) is 0 Å². The number of unbranched alkanes of at least 4 members (excludes halogenated alkanes) is 3. The van der Waals surface area contributed by atoms with Gasteiger partial charge in [-0.1, -0.05) is 32.3 Å². The predicted molar refractivity (Wildman–Crippen MR) is 68.0 cm³/mol. The molecular weight excluding hydrogens is 200 g/mol. The molecule has 1 rings (SSSR count). The summed E-state index contributed by atoms with van der Waals surface area (Å²) in [5.41, 5.74) is 0. The van der Waals surface area contributed by atoms with Gasteiger partial charge in [0.15, 0.2) is 0 Å². The number of nitrogens with one attached hydrogen (secondary N) is 1. The molecule has 0 radical (unpaired) electrons. The summed E-state index contributed by atoms with van der Waals surface area (Å²) in [6.07, 6.45) is 5.08. The van der Waals surface area contributed by atoms with E-state index in [1.807, 2.05) is 25.1 Å². The molecule has 0 atom stereocenters. The lowest BCUT2D eigenvalue weighted by atomic mass is 10.2. The first-order chi connectivity index (χ1) is 7.86. The highest BCUT2D eigenvalue weighted by atomic mass is 16.5. The van der Waals surface area contributed by atoms with Crippen molar-refractivity contribution < 1.29 is 4.74 Å². The highest BCUT2D eigenvalue weighted by Crippen LogP contribution is 2.11. The van der Waals surface area contributed by atoms with Crippen molar-refractivity contribution in [2.45, 2.75) is 39.5 Å². The average molecular weight is 222 g/mol. The van der Waals surface area contributed by atoms with Crippen LogP contribution in [0.5, 0.6) is 5.88 Å². The van der Waals surface area contributed by atoms with E-state index in [4.69, 9.17) is 4.74 Å². The van der Waals surface area contributed by atoms with E-state index in [9.17, 15) is 0 Å². The van der Waals surface area contributed by atoms with E-state index in [1.54, 1.807) is 0 Å². The molecule has 0 amide bonds. The van der Waals surface area contributed by atoms with Gasteiger partial charge in [-0.15, -0.1) is 0 Å². The highest BCUT2D eigenvalue weighted by Gasteiger charge is 1.96. The molecule has 0 unspecified atom stereocenters. The Morgan fingerprint density at radius 2 is 2.06 bits per heavy atom. The lowest BCUT2D eigenvalue weighted by Crippen LogP contribution is -2.04. The summed E-state index contributed by atoms with van der Waals surface area (Å²) in [7, 11) is 0. The Labute approximate surface area is 98.2 Å². The fourth-order valence-electron chi connectivity index (χ4n) is 1.51. The Morgan fingerprint density at radius 3 is 2.81 bits per heavy atom. The van der Waals surface area contributed by atoms with Crippen LogP contribution >= 0.6 is 0 Å². The molecule has 0 fully saturated rings. The number of anilines is 1. The van der Waals surface area contributed by atoms with Gasteiger partial charge in [-0.3, -0.25) is 0 Å². The molecule has 1 aromatic rings. The molecule has 0 bridgehead atoms. The van der Waals surface area contributed by atoms with Gasteiger partial charge >= 0.3 is 0 Å². The van der Waals surface area contributed by atoms with Crippen molar-refractivity contribution in [3.8, 4) is 5.88 Å². The SMILES string of the molecule is CCCCCCNc1cccc(OCC)n1. The zero-order valence-corrected chi connectivity index (χ0v) is 10.3. The fourth-order valence-corrected chi connectivity index (χ4v) is 1.51. The van der Waals surface area contributed by atoms with E-state index in [0.29, 0.717) is 12.5 Å². The van der Waals surface area contributed by atoms with E-state index in [-0.39, 0.29) is 0 Å². The molecule has 0 aliphatic rings. The van der Waals surface area contributed by atoms with Crippen molar-refractivity contribution >= 4 is 5.82 Å². The molecule has 3 nitrogen and oxygen atoms in total. The Balaban J connectivity index is 2.27. The minimum atomic E-state index is 0.660. The van der Waals surface area contributed by atoms with E-state index >= 15 is 0 Å². The molecular formula is C13H22N2O. The summed E-state index contributed by atoms with van der Waals surface area (Å²) in [5, 5.41) is 3.31. The summed E-state index contributed by atoms with van der Waals surface area (Å²) < 4.78 is 5.34. The van der Waals surface area contributed by atoms with Crippen LogP contribution < -0.4 is 10.1 Å². The number of ether oxygens (including phenoxy) is 1. The molecule has 0 saturated heterocycles. The van der Waals surface area contributed by atoms with Crippen molar-refractivity contribution in [2.75, 3.05) is 18.5 Å². The standard InChI is InChI=1S/C13H22N2O/c1-3-5-6-7-11-14-12-9-8-10-13(15-12)16-4-2/h8-10H,3-7,11H2,1-2H3,(H,14,15). The van der Waals surface area contributed by atoms with Gasteiger partial charge in [0.2, 0.25) is 5.88 Å². The molecule has 0 spiro atoms. The zero-order valence-electron chi connectivity index (χ0n) is 10.3. The molecule has 90 valence electrons. The summed E-state index contributed by atoms with van der Waals surface area (Å²) in [6.45, 7) is 5.84. The molecule has 1 aromatic heterocycles. The quantitative estimate of drug-likeness (QED) is 0.684. The van der Waals surface area contributed by atoms with E-state index in [2.05, 4.69) is 17.2 Å². The van der Waals surface area contributed by atoms with Crippen LogP contribution in [0.25, 0.3) is 0 Å². The Bertz CT molecular complexity index is 289. The third-order valence-electron chi connectivity index (χ3n) is 2.35. The summed E-state index contributed by atoms with van der Waals surface area (Å²) in [6, 6.07) is 5.82. The van der Waals surface area contributed by atoms with Crippen LogP contribution in [-0.4, -0.2) is 18.1 Å². The molecule has 0 aliphatic heterocycles. The lowest BCUT2D eigenvalue weighted by Gasteiger charge is -2.07. The first kappa shape index (κ1) is 12.8. The first-order valence-corrected chi connectivity index (χ1v) is 6.20.